The fourth-order valence-corrected chi connectivity index (χ4v) is 5.86. The molecule has 3 nitrogen and oxygen atoms in total. The van der Waals surface area contributed by atoms with Crippen LogP contribution in [0, 0.1) is 17.3 Å². The maximum atomic E-state index is 10.4. The molecule has 3 heteroatoms. The van der Waals surface area contributed by atoms with Gasteiger partial charge in [0.05, 0.1) is 6.10 Å². The van der Waals surface area contributed by atoms with Crippen LogP contribution >= 0.6 is 0 Å². The monoisotopic (exact) mass is 302 g/mol. The molecule has 0 amide bonds. The summed E-state index contributed by atoms with van der Waals surface area (Å²) in [5.74, 6) is 2.08. The van der Waals surface area contributed by atoms with Crippen LogP contribution in [0.15, 0.2) is 18.2 Å². The van der Waals surface area contributed by atoms with Gasteiger partial charge in [-0.25, -0.2) is 0 Å². The maximum Gasteiger partial charge on any atom is 0.115 e. The van der Waals surface area contributed by atoms with E-state index < -0.39 is 0 Å². The molecule has 120 valence electrons. The van der Waals surface area contributed by atoms with Crippen LogP contribution in [0.25, 0.3) is 0 Å². The number of phenolic OH excluding ortho intramolecular Hbond substituents is 1. The summed E-state index contributed by atoms with van der Waals surface area (Å²) < 4.78 is 0. The third-order valence-electron chi connectivity index (χ3n) is 7.07. The number of aliphatic hydroxyl groups excluding tert-OH is 2. The molecule has 0 heterocycles. The van der Waals surface area contributed by atoms with Crippen LogP contribution < -0.4 is 0 Å². The van der Waals surface area contributed by atoms with Crippen LogP contribution in [0.5, 0.6) is 5.75 Å². The lowest BCUT2D eigenvalue weighted by Crippen LogP contribution is -2.44. The molecule has 0 aliphatic heterocycles. The molecule has 0 spiro atoms. The van der Waals surface area contributed by atoms with Crippen molar-refractivity contribution < 1.29 is 15.3 Å². The molecular formula is C19H26O3. The first kappa shape index (κ1) is 14.5. The molecule has 6 atom stereocenters. The third kappa shape index (κ3) is 1.88. The average Bonchev–Trinajstić information content (AvgIpc) is 2.82. The Balaban J connectivity index is 1.76. The second kappa shape index (κ2) is 4.97. The molecule has 0 radical (unpaired) electrons. The SMILES string of the molecule is C[C@]12CCC3c4ccc(O)cc4[C@@H](CO)CC3C1CC[C@@H]2O. The molecule has 2 fully saturated rings. The molecule has 1 aromatic rings. The van der Waals surface area contributed by atoms with Gasteiger partial charge in [-0.3, -0.25) is 0 Å². The highest BCUT2D eigenvalue weighted by Crippen LogP contribution is 2.62. The summed E-state index contributed by atoms with van der Waals surface area (Å²) in [6, 6.07) is 5.70. The van der Waals surface area contributed by atoms with E-state index in [4.69, 9.17) is 0 Å². The van der Waals surface area contributed by atoms with E-state index in [0.29, 0.717) is 23.5 Å². The molecule has 2 saturated carbocycles. The summed E-state index contributed by atoms with van der Waals surface area (Å²) in [6.07, 6.45) is 5.08. The minimum absolute atomic E-state index is 0.0651. The summed E-state index contributed by atoms with van der Waals surface area (Å²) in [7, 11) is 0. The molecule has 3 aliphatic carbocycles. The summed E-state index contributed by atoms with van der Waals surface area (Å²) >= 11 is 0. The van der Waals surface area contributed by atoms with E-state index in [9.17, 15) is 15.3 Å². The van der Waals surface area contributed by atoms with Gasteiger partial charge in [-0.05, 0) is 78.5 Å². The van der Waals surface area contributed by atoms with Gasteiger partial charge < -0.3 is 15.3 Å². The number of aromatic hydroxyl groups is 1. The van der Waals surface area contributed by atoms with Gasteiger partial charge in [0.15, 0.2) is 0 Å². The van der Waals surface area contributed by atoms with Crippen LogP contribution in [0.2, 0.25) is 0 Å². The van der Waals surface area contributed by atoms with Crippen molar-refractivity contribution in [2.24, 2.45) is 17.3 Å². The Labute approximate surface area is 132 Å². The van der Waals surface area contributed by atoms with E-state index in [2.05, 4.69) is 13.0 Å². The van der Waals surface area contributed by atoms with Gasteiger partial charge in [0.25, 0.3) is 0 Å². The second-order valence-electron chi connectivity index (χ2n) is 7.94. The Morgan fingerprint density at radius 1 is 1.18 bits per heavy atom. The summed E-state index contributed by atoms with van der Waals surface area (Å²) in [5, 5.41) is 30.1. The van der Waals surface area contributed by atoms with E-state index >= 15 is 0 Å². The van der Waals surface area contributed by atoms with Gasteiger partial charge in [0, 0.05) is 12.5 Å². The lowest BCUT2D eigenvalue weighted by atomic mass is 9.54. The zero-order valence-corrected chi connectivity index (χ0v) is 13.2. The van der Waals surface area contributed by atoms with Crippen LogP contribution in [-0.4, -0.2) is 28.0 Å². The minimum Gasteiger partial charge on any atom is -0.508 e. The first-order valence-electron chi connectivity index (χ1n) is 8.66. The molecule has 1 aromatic carbocycles. The Bertz CT molecular complexity index is 584. The molecule has 0 bridgehead atoms. The van der Waals surface area contributed by atoms with E-state index in [1.54, 1.807) is 6.07 Å². The average molecular weight is 302 g/mol. The lowest BCUT2D eigenvalue weighted by Gasteiger charge is -2.51. The van der Waals surface area contributed by atoms with E-state index in [1.807, 2.05) is 6.07 Å². The zero-order valence-electron chi connectivity index (χ0n) is 13.2. The highest BCUT2D eigenvalue weighted by Gasteiger charge is 2.55. The van der Waals surface area contributed by atoms with Crippen molar-refractivity contribution >= 4 is 0 Å². The predicted octanol–water partition coefficient (Wildman–Crippen LogP) is 3.14. The van der Waals surface area contributed by atoms with Crippen LogP contribution in [0.4, 0.5) is 0 Å². The van der Waals surface area contributed by atoms with Gasteiger partial charge in [-0.1, -0.05) is 13.0 Å². The molecule has 3 unspecified atom stereocenters. The molecular weight excluding hydrogens is 276 g/mol. The fourth-order valence-electron chi connectivity index (χ4n) is 5.86. The number of fused-ring (bicyclic) bond motifs is 5. The smallest absolute Gasteiger partial charge is 0.115 e. The number of hydrogen-bond donors (Lipinski definition) is 3. The first-order chi connectivity index (χ1) is 10.5. The van der Waals surface area contributed by atoms with Crippen molar-refractivity contribution in [3.63, 3.8) is 0 Å². The van der Waals surface area contributed by atoms with Crippen molar-refractivity contribution in [2.75, 3.05) is 6.61 Å². The van der Waals surface area contributed by atoms with E-state index in [0.717, 1.165) is 37.7 Å². The third-order valence-corrected chi connectivity index (χ3v) is 7.07. The standard InChI is InChI=1S/C19H26O3/c1-19-7-6-14-13-3-2-12(21)9-15(13)11(10-20)8-16(14)17(19)4-5-18(19)22/h2-3,9,11,14,16-18,20-22H,4-8,10H2,1H3/t11-,14?,16?,17?,18+,19+/m1/s1. The first-order valence-corrected chi connectivity index (χ1v) is 8.66. The predicted molar refractivity (Wildman–Crippen MR) is 84.9 cm³/mol. The number of rotatable bonds is 1. The van der Waals surface area contributed by atoms with Gasteiger partial charge in [-0.2, -0.15) is 0 Å². The Morgan fingerprint density at radius 2 is 2.00 bits per heavy atom. The Hall–Kier alpha value is -1.06. The summed E-state index contributed by atoms with van der Waals surface area (Å²) in [6.45, 7) is 2.41. The normalized spacial score (nSPS) is 43.3. The van der Waals surface area contributed by atoms with Crippen molar-refractivity contribution in [2.45, 2.75) is 57.0 Å². The lowest BCUT2D eigenvalue weighted by molar-refractivity contribution is -0.0265. The van der Waals surface area contributed by atoms with Crippen molar-refractivity contribution in [1.82, 2.24) is 0 Å². The van der Waals surface area contributed by atoms with Crippen molar-refractivity contribution in [3.05, 3.63) is 29.3 Å². The van der Waals surface area contributed by atoms with Gasteiger partial charge in [0.2, 0.25) is 0 Å². The molecule has 22 heavy (non-hydrogen) atoms. The molecule has 3 aliphatic rings. The number of benzene rings is 1. The van der Waals surface area contributed by atoms with Gasteiger partial charge in [-0.15, -0.1) is 0 Å². The highest BCUT2D eigenvalue weighted by atomic mass is 16.3. The van der Waals surface area contributed by atoms with Crippen molar-refractivity contribution in [1.29, 1.82) is 0 Å². The maximum absolute atomic E-state index is 10.4. The van der Waals surface area contributed by atoms with Crippen molar-refractivity contribution in [3.8, 4) is 5.75 Å². The van der Waals surface area contributed by atoms with Crippen LogP contribution in [0.1, 0.15) is 62.0 Å². The summed E-state index contributed by atoms with van der Waals surface area (Å²) in [4.78, 5) is 0. The molecule has 0 aromatic heterocycles. The van der Waals surface area contributed by atoms with Crippen LogP contribution in [0.3, 0.4) is 0 Å². The minimum atomic E-state index is -0.160. The van der Waals surface area contributed by atoms with E-state index in [-0.39, 0.29) is 24.0 Å². The van der Waals surface area contributed by atoms with E-state index in [1.165, 1.54) is 5.56 Å². The highest BCUT2D eigenvalue weighted by molar-refractivity contribution is 5.42. The topological polar surface area (TPSA) is 60.7 Å². The molecule has 3 N–H and O–H groups in total. The molecule has 4 rings (SSSR count). The molecule has 0 saturated heterocycles. The van der Waals surface area contributed by atoms with Gasteiger partial charge in [0.1, 0.15) is 5.75 Å². The number of phenols is 1. The van der Waals surface area contributed by atoms with Crippen LogP contribution in [-0.2, 0) is 0 Å². The Kier molecular flexibility index (Phi) is 3.28. The zero-order chi connectivity index (χ0) is 15.5. The number of aliphatic hydroxyl groups is 2. The largest absolute Gasteiger partial charge is 0.508 e. The quantitative estimate of drug-likeness (QED) is 0.747. The Morgan fingerprint density at radius 3 is 2.77 bits per heavy atom. The summed E-state index contributed by atoms with van der Waals surface area (Å²) in [5.41, 5.74) is 2.54. The van der Waals surface area contributed by atoms with Gasteiger partial charge >= 0.3 is 0 Å². The second-order valence-corrected chi connectivity index (χ2v) is 7.94. The number of hydrogen-bond acceptors (Lipinski definition) is 3. The fraction of sp³-hybridized carbons (Fsp3) is 0.684.